The van der Waals surface area contributed by atoms with E-state index in [9.17, 15) is 10.0 Å². The van der Waals surface area contributed by atoms with Gasteiger partial charge < -0.3 is 10.7 Å². The van der Waals surface area contributed by atoms with Crippen LogP contribution in [-0.4, -0.2) is 21.7 Å². The maximum atomic E-state index is 12.1. The fourth-order valence-corrected chi connectivity index (χ4v) is 3.07. The predicted octanol–water partition coefficient (Wildman–Crippen LogP) is 4.32. The van der Waals surface area contributed by atoms with Gasteiger partial charge in [-0.25, -0.2) is 5.01 Å². The van der Waals surface area contributed by atoms with E-state index in [2.05, 4.69) is 5.10 Å². The Labute approximate surface area is 142 Å². The van der Waals surface area contributed by atoms with Gasteiger partial charge in [0.25, 0.3) is 0 Å². The second kappa shape index (κ2) is 7.04. The Morgan fingerprint density at radius 3 is 2.78 bits per heavy atom. The number of amides is 1. The molecule has 23 heavy (non-hydrogen) atoms. The van der Waals surface area contributed by atoms with Gasteiger partial charge in [0.05, 0.1) is 12.3 Å². The maximum Gasteiger partial charge on any atom is 0.302 e. The number of halogens is 1. The molecule has 0 fully saturated rings. The molecule has 3 rings (SSSR count). The highest BCUT2D eigenvalue weighted by atomic mass is 35.5. The molecule has 2 aromatic rings. The summed E-state index contributed by atoms with van der Waals surface area (Å²) in [6.45, 7) is 0.318. The van der Waals surface area contributed by atoms with Crippen molar-refractivity contribution in [3.05, 3.63) is 69.9 Å². The van der Waals surface area contributed by atoms with Crippen molar-refractivity contribution in [3.63, 3.8) is 0 Å². The Morgan fingerprint density at radius 2 is 2.04 bits per heavy atom. The molecule has 0 atom stereocenters. The molecule has 1 aliphatic heterocycles. The molecular weight excluding hydrogens is 334 g/mol. The van der Waals surface area contributed by atoms with E-state index >= 15 is 0 Å². The fraction of sp³-hybridized carbons (Fsp3) is 0.125. The molecule has 0 spiro atoms. The number of hydrogen-bond acceptors (Lipinski definition) is 5. The maximum absolute atomic E-state index is 12.1. The number of benzene rings is 2. The molecule has 0 radical (unpaired) electrons. The number of thioether (sulfide) groups is 1. The van der Waals surface area contributed by atoms with Gasteiger partial charge in [-0.05, 0) is 35.4 Å². The summed E-state index contributed by atoms with van der Waals surface area (Å²) in [6.07, 6.45) is 0. The van der Waals surface area contributed by atoms with Gasteiger partial charge >= 0.3 is 5.24 Å². The molecular formula is C16H13ClN3O2S-. The van der Waals surface area contributed by atoms with Crippen molar-refractivity contribution in [2.45, 2.75) is 6.54 Å². The van der Waals surface area contributed by atoms with Gasteiger partial charge in [-0.2, -0.15) is 5.10 Å². The number of hydrazone groups is 1. The molecule has 2 aromatic carbocycles. The van der Waals surface area contributed by atoms with E-state index in [4.69, 9.17) is 11.6 Å². The van der Waals surface area contributed by atoms with E-state index in [1.807, 2.05) is 23.7 Å². The van der Waals surface area contributed by atoms with E-state index in [0.29, 0.717) is 23.0 Å². The third-order valence-electron chi connectivity index (χ3n) is 3.34. The van der Waals surface area contributed by atoms with Crippen LogP contribution in [-0.2, 0) is 6.54 Å². The zero-order chi connectivity index (χ0) is 16.2. The lowest BCUT2D eigenvalue weighted by molar-refractivity contribution is 0.222. The molecule has 0 saturated carbocycles. The molecule has 0 bridgehead atoms. The third-order valence-corrected chi connectivity index (χ3v) is 4.47. The number of rotatable bonds is 4. The first kappa shape index (κ1) is 15.9. The summed E-state index contributed by atoms with van der Waals surface area (Å²) in [7, 11) is 0. The summed E-state index contributed by atoms with van der Waals surface area (Å²) in [5.74, 6) is 0.527. The minimum atomic E-state index is -0.108. The first-order valence-corrected chi connectivity index (χ1v) is 8.27. The number of carbonyl (C=O) groups is 1. The van der Waals surface area contributed by atoms with Crippen LogP contribution in [0, 0.1) is 5.21 Å². The smallest absolute Gasteiger partial charge is 0.302 e. The van der Waals surface area contributed by atoms with E-state index < -0.39 is 0 Å². The van der Waals surface area contributed by atoms with Gasteiger partial charge in [0, 0.05) is 16.5 Å². The number of carbonyl (C=O) groups excluding carboxylic acids is 1. The van der Waals surface area contributed by atoms with Gasteiger partial charge in [0.15, 0.2) is 0 Å². The van der Waals surface area contributed by atoms with Crippen molar-refractivity contribution in [2.75, 3.05) is 11.2 Å². The number of anilines is 1. The summed E-state index contributed by atoms with van der Waals surface area (Å²) in [5, 5.41) is 17.2. The molecule has 1 heterocycles. The van der Waals surface area contributed by atoms with E-state index in [0.717, 1.165) is 16.8 Å². The average molecular weight is 347 g/mol. The molecule has 0 saturated heterocycles. The largest absolute Gasteiger partial charge is 0.761 e. The van der Waals surface area contributed by atoms with Gasteiger partial charge in [-0.3, -0.25) is 4.79 Å². The second-order valence-corrected chi connectivity index (χ2v) is 6.33. The number of nitrogens with zero attached hydrogens (tertiary/aromatic N) is 2. The van der Waals surface area contributed by atoms with Crippen molar-refractivity contribution >= 4 is 40.0 Å². The molecule has 1 N–H and O–H groups in total. The highest BCUT2D eigenvalue weighted by Gasteiger charge is 2.22. The van der Waals surface area contributed by atoms with E-state index in [1.54, 1.807) is 30.3 Å². The van der Waals surface area contributed by atoms with E-state index in [1.165, 1.54) is 16.8 Å². The van der Waals surface area contributed by atoms with Crippen LogP contribution < -0.4 is 5.48 Å². The van der Waals surface area contributed by atoms with Crippen molar-refractivity contribution < 1.29 is 4.79 Å². The molecule has 0 aromatic heterocycles. The first-order chi connectivity index (χ1) is 11.2. The monoisotopic (exact) mass is 346 g/mol. The Kier molecular flexibility index (Phi) is 4.85. The van der Waals surface area contributed by atoms with Crippen molar-refractivity contribution in [1.82, 2.24) is 5.01 Å². The Hall–Kier alpha value is -2.02. The molecule has 5 nitrogen and oxygen atoms in total. The minimum absolute atomic E-state index is 0.108. The van der Waals surface area contributed by atoms with Gasteiger partial charge in [0.1, 0.15) is 0 Å². The summed E-state index contributed by atoms with van der Waals surface area (Å²) < 4.78 is 0. The van der Waals surface area contributed by atoms with Crippen LogP contribution in [0.2, 0.25) is 5.02 Å². The highest BCUT2D eigenvalue weighted by molar-refractivity contribution is 8.14. The molecule has 0 aliphatic carbocycles. The van der Waals surface area contributed by atoms with Gasteiger partial charge in [-0.1, -0.05) is 47.6 Å². The van der Waals surface area contributed by atoms with Crippen LogP contribution in [0.15, 0.2) is 53.6 Å². The van der Waals surface area contributed by atoms with Crippen molar-refractivity contribution in [2.24, 2.45) is 5.10 Å². The van der Waals surface area contributed by atoms with Crippen LogP contribution >= 0.6 is 23.4 Å². The quantitative estimate of drug-likeness (QED) is 0.837. The van der Waals surface area contributed by atoms with Crippen molar-refractivity contribution in [3.8, 4) is 0 Å². The van der Waals surface area contributed by atoms with Crippen LogP contribution in [0.4, 0.5) is 10.5 Å². The summed E-state index contributed by atoms with van der Waals surface area (Å²) in [6, 6.07) is 14.4. The molecule has 0 unspecified atom stereocenters. The van der Waals surface area contributed by atoms with Gasteiger partial charge in [0.2, 0.25) is 0 Å². The molecule has 1 amide bonds. The number of nitrogens with one attached hydrogen (secondary N) is 1. The van der Waals surface area contributed by atoms with E-state index in [-0.39, 0.29) is 5.24 Å². The zero-order valence-corrected chi connectivity index (χ0v) is 13.6. The van der Waals surface area contributed by atoms with Crippen LogP contribution in [0.25, 0.3) is 0 Å². The van der Waals surface area contributed by atoms with Crippen molar-refractivity contribution in [1.29, 1.82) is 0 Å². The summed E-state index contributed by atoms with van der Waals surface area (Å²) >= 11 is 7.11. The first-order valence-electron chi connectivity index (χ1n) is 6.90. The standard InChI is InChI=1S/C16H13ClN3O2S/c17-13-6-4-12(5-7-13)15-10-23-16(21)20(18-15)9-11-2-1-3-14(8-11)19-22/h1-8,19H,9-10H2/q-1. The fourth-order valence-electron chi connectivity index (χ4n) is 2.21. The van der Waals surface area contributed by atoms with Crippen LogP contribution in [0.5, 0.6) is 0 Å². The lowest BCUT2D eigenvalue weighted by Gasteiger charge is -2.23. The molecule has 1 aliphatic rings. The Bertz CT molecular complexity index is 749. The normalized spacial score (nSPS) is 14.6. The van der Waals surface area contributed by atoms with Crippen LogP contribution in [0.3, 0.4) is 0 Å². The summed E-state index contributed by atoms with van der Waals surface area (Å²) in [5.41, 5.74) is 4.91. The zero-order valence-electron chi connectivity index (χ0n) is 12.0. The second-order valence-electron chi connectivity index (χ2n) is 4.97. The minimum Gasteiger partial charge on any atom is -0.761 e. The Morgan fingerprint density at radius 1 is 1.26 bits per heavy atom. The topological polar surface area (TPSA) is 67.8 Å². The molecule has 7 heteroatoms. The molecule has 118 valence electrons. The lowest BCUT2D eigenvalue weighted by Crippen LogP contribution is -2.29. The number of hydrogen-bond donors (Lipinski definition) is 1. The lowest BCUT2D eigenvalue weighted by atomic mass is 10.1. The van der Waals surface area contributed by atoms with Crippen LogP contribution in [0.1, 0.15) is 11.1 Å². The highest BCUT2D eigenvalue weighted by Crippen LogP contribution is 2.23. The average Bonchev–Trinajstić information content (AvgIpc) is 2.58. The predicted molar refractivity (Wildman–Crippen MR) is 94.8 cm³/mol. The van der Waals surface area contributed by atoms with Gasteiger partial charge in [-0.15, -0.1) is 0 Å². The Balaban J connectivity index is 1.83. The third kappa shape index (κ3) is 3.85. The SMILES string of the molecule is O=C1SCC(c2ccc(Cl)cc2)=NN1Cc1cccc(N[O-])c1. The summed E-state index contributed by atoms with van der Waals surface area (Å²) in [4.78, 5) is 12.1.